The molecule has 5 aliphatic rings. The monoisotopic (exact) mass is 568 g/mol. The molecule has 4 aliphatic carbocycles. The number of ether oxygens (including phenoxy) is 2. The van der Waals surface area contributed by atoms with E-state index in [2.05, 4.69) is 29.5 Å². The second kappa shape index (κ2) is 7.70. The molecule has 2 heterocycles. The highest BCUT2D eigenvalue weighted by Crippen LogP contribution is 2.69. The molecular weight excluding hydrogens is 539 g/mol. The Labute approximate surface area is 206 Å². The topological polar surface area (TPSA) is 72.8 Å². The Hall–Kier alpha value is -0.610. The average Bonchev–Trinajstić information content (AvgIpc) is 3.44. The van der Waals surface area contributed by atoms with Gasteiger partial charge in [-0.1, -0.05) is 12.5 Å². The quantitative estimate of drug-likeness (QED) is 0.530. The molecule has 32 heavy (non-hydrogen) atoms. The van der Waals surface area contributed by atoms with Crippen LogP contribution in [-0.4, -0.2) is 35.0 Å². The van der Waals surface area contributed by atoms with Gasteiger partial charge in [-0.05, 0) is 103 Å². The van der Waals surface area contributed by atoms with E-state index in [0.29, 0.717) is 30.1 Å². The molecule has 7 heteroatoms. The first-order valence-corrected chi connectivity index (χ1v) is 13.7. The molecule has 0 radical (unpaired) electrons. The third-order valence-corrected chi connectivity index (χ3v) is 11.3. The smallest absolute Gasteiger partial charge is 0.194 e. The van der Waals surface area contributed by atoms with Gasteiger partial charge in [0.1, 0.15) is 6.61 Å². The predicted molar refractivity (Wildman–Crippen MR) is 128 cm³/mol. The van der Waals surface area contributed by atoms with E-state index >= 15 is 0 Å². The second-order valence-electron chi connectivity index (χ2n) is 10.5. The maximum absolute atomic E-state index is 13.4. The third-order valence-electron chi connectivity index (χ3n) is 9.42. The number of aliphatic hydroxyl groups excluding tert-OH is 1. The molecule has 0 aromatic carbocycles. The minimum absolute atomic E-state index is 0.223. The molecule has 1 aromatic rings. The van der Waals surface area contributed by atoms with Gasteiger partial charge in [0.25, 0.3) is 0 Å². The van der Waals surface area contributed by atoms with Crippen molar-refractivity contribution in [3.8, 4) is 0 Å². The van der Waals surface area contributed by atoms with E-state index < -0.39 is 18.5 Å². The number of halogens is 1. The van der Waals surface area contributed by atoms with Gasteiger partial charge in [-0.25, -0.2) is 0 Å². The van der Waals surface area contributed by atoms with Crippen molar-refractivity contribution in [1.82, 2.24) is 0 Å². The molecule has 0 bridgehead atoms. The van der Waals surface area contributed by atoms with Crippen LogP contribution in [0.4, 0.5) is 0 Å². The molecule has 1 aliphatic heterocycles. The molecule has 3 saturated carbocycles. The van der Waals surface area contributed by atoms with Crippen LogP contribution in [0, 0.1) is 32.0 Å². The summed E-state index contributed by atoms with van der Waals surface area (Å²) in [5.74, 6) is 2.02. The Balaban J connectivity index is 1.35. The summed E-state index contributed by atoms with van der Waals surface area (Å²) in [6, 6.07) is 4.06. The van der Waals surface area contributed by atoms with Crippen molar-refractivity contribution in [3.63, 3.8) is 0 Å². The highest BCUT2D eigenvalue weighted by molar-refractivity contribution is 14.1. The van der Waals surface area contributed by atoms with E-state index in [1.54, 1.807) is 11.3 Å². The molecule has 1 N–H and O–H groups in total. The molecule has 1 saturated heterocycles. The number of hydrogen-bond acceptors (Lipinski definition) is 6. The van der Waals surface area contributed by atoms with E-state index in [-0.39, 0.29) is 23.1 Å². The van der Waals surface area contributed by atoms with Crippen LogP contribution < -0.4 is 0 Å². The maximum Gasteiger partial charge on any atom is 0.194 e. The lowest BCUT2D eigenvalue weighted by atomic mass is 9.50. The fraction of sp³-hybridized carbons (Fsp3) is 0.680. The zero-order chi connectivity index (χ0) is 22.3. The number of rotatable bonds is 3. The summed E-state index contributed by atoms with van der Waals surface area (Å²) in [5, 5.41) is 9.99. The van der Waals surface area contributed by atoms with E-state index in [9.17, 15) is 14.7 Å². The first-order chi connectivity index (χ1) is 15.4. The zero-order valence-electron chi connectivity index (χ0n) is 18.2. The minimum atomic E-state index is -1.07. The average molecular weight is 568 g/mol. The second-order valence-corrected chi connectivity index (χ2v) is 13.5. The highest BCUT2D eigenvalue weighted by atomic mass is 127. The van der Waals surface area contributed by atoms with Gasteiger partial charge in [0.05, 0.1) is 13.9 Å². The summed E-state index contributed by atoms with van der Waals surface area (Å²) in [6.45, 7) is 1.71. The van der Waals surface area contributed by atoms with Gasteiger partial charge in [-0.15, -0.1) is 11.3 Å². The Morgan fingerprint density at radius 3 is 2.84 bits per heavy atom. The van der Waals surface area contributed by atoms with Crippen molar-refractivity contribution in [2.24, 2.45) is 29.1 Å². The van der Waals surface area contributed by atoms with E-state index in [0.717, 1.165) is 46.3 Å². The number of allylic oxidation sites excluding steroid dienone is 1. The van der Waals surface area contributed by atoms with Crippen molar-refractivity contribution in [3.05, 3.63) is 31.5 Å². The molecule has 0 spiro atoms. The van der Waals surface area contributed by atoms with Gasteiger partial charge in [-0.2, -0.15) is 0 Å². The largest absolute Gasteiger partial charge is 0.388 e. The molecule has 6 rings (SSSR count). The standard InChI is InChI=1S/C25H29IO5S/c1-24-9-8-16-15-5-3-14(28)10-13(15)2-4-17(16)18(24)11-21-25(24,20(29)12-27)31-23(30-21)19-6-7-22(26)32-19/h6-7,10,15-18,21,23,27H,2-5,8-9,11-12H2,1H3/t15-,16+,17+,18-,21+,23+,24-,25+/m0/s1. The summed E-state index contributed by atoms with van der Waals surface area (Å²) < 4.78 is 14.2. The van der Waals surface area contributed by atoms with Gasteiger partial charge in [0, 0.05) is 11.8 Å². The van der Waals surface area contributed by atoms with Gasteiger partial charge >= 0.3 is 0 Å². The number of thiophene rings is 1. The zero-order valence-corrected chi connectivity index (χ0v) is 21.2. The minimum Gasteiger partial charge on any atom is -0.388 e. The lowest BCUT2D eigenvalue weighted by Crippen LogP contribution is -2.59. The Kier molecular flexibility index (Phi) is 5.27. The SMILES string of the molecule is C[C@]12CC[C@H]3[C@@H](CCC4=CC(=O)CC[C@@H]43)[C@@H]1C[C@H]1O[C@@H](c3ccc(I)s3)O[C@]12C(=O)CO. The highest BCUT2D eigenvalue weighted by Gasteiger charge is 2.74. The van der Waals surface area contributed by atoms with Crippen molar-refractivity contribution >= 4 is 45.5 Å². The van der Waals surface area contributed by atoms with Crippen LogP contribution in [0.3, 0.4) is 0 Å². The van der Waals surface area contributed by atoms with Crippen molar-refractivity contribution < 1.29 is 24.2 Å². The maximum atomic E-state index is 13.4. The predicted octanol–water partition coefficient (Wildman–Crippen LogP) is 4.82. The number of carbonyl (C=O) groups is 2. The number of aliphatic hydroxyl groups is 1. The molecule has 5 nitrogen and oxygen atoms in total. The number of Topliss-reactive ketones (excluding diaryl/α,β-unsaturated/α-hetero) is 1. The van der Waals surface area contributed by atoms with Crippen LogP contribution in [-0.2, 0) is 19.1 Å². The van der Waals surface area contributed by atoms with Gasteiger partial charge < -0.3 is 14.6 Å². The number of carbonyl (C=O) groups excluding carboxylic acids is 2. The van der Waals surface area contributed by atoms with Crippen LogP contribution in [0.2, 0.25) is 0 Å². The van der Waals surface area contributed by atoms with Crippen LogP contribution in [0.25, 0.3) is 0 Å². The molecular formula is C25H29IO5S. The Bertz CT molecular complexity index is 1000. The van der Waals surface area contributed by atoms with Crippen LogP contribution in [0.15, 0.2) is 23.8 Å². The molecule has 8 atom stereocenters. The molecule has 0 unspecified atom stereocenters. The van der Waals surface area contributed by atoms with Gasteiger partial charge in [0.2, 0.25) is 0 Å². The third kappa shape index (κ3) is 2.90. The lowest BCUT2D eigenvalue weighted by Gasteiger charge is -2.55. The van der Waals surface area contributed by atoms with E-state index in [1.807, 2.05) is 18.2 Å². The summed E-state index contributed by atoms with van der Waals surface area (Å²) in [7, 11) is 0. The fourth-order valence-electron chi connectivity index (χ4n) is 8.13. The lowest BCUT2D eigenvalue weighted by molar-refractivity contribution is -0.185. The van der Waals surface area contributed by atoms with Gasteiger partial charge in [-0.3, -0.25) is 9.59 Å². The van der Waals surface area contributed by atoms with E-state index in [1.165, 1.54) is 5.57 Å². The van der Waals surface area contributed by atoms with E-state index in [4.69, 9.17) is 9.47 Å². The Morgan fingerprint density at radius 2 is 2.09 bits per heavy atom. The summed E-state index contributed by atoms with van der Waals surface area (Å²) in [5.41, 5.74) is -0.0510. The van der Waals surface area contributed by atoms with Crippen LogP contribution in [0.1, 0.15) is 63.0 Å². The summed E-state index contributed by atoms with van der Waals surface area (Å²) >= 11 is 3.92. The van der Waals surface area contributed by atoms with Gasteiger partial charge in [0.15, 0.2) is 23.5 Å². The van der Waals surface area contributed by atoms with Crippen molar-refractivity contribution in [1.29, 1.82) is 0 Å². The molecule has 0 amide bonds. The van der Waals surface area contributed by atoms with Crippen molar-refractivity contribution in [2.75, 3.05) is 6.61 Å². The first kappa shape index (κ1) is 21.9. The normalized spacial score (nSPS) is 45.0. The first-order valence-electron chi connectivity index (χ1n) is 11.8. The number of ketones is 2. The number of hydrogen-bond donors (Lipinski definition) is 1. The number of fused-ring (bicyclic) bond motifs is 7. The summed E-state index contributed by atoms with van der Waals surface area (Å²) in [4.78, 5) is 26.3. The Morgan fingerprint density at radius 1 is 1.25 bits per heavy atom. The molecule has 4 fully saturated rings. The van der Waals surface area contributed by atoms with Crippen LogP contribution >= 0.6 is 33.9 Å². The van der Waals surface area contributed by atoms with Crippen LogP contribution in [0.5, 0.6) is 0 Å². The molecule has 172 valence electrons. The summed E-state index contributed by atoms with van der Waals surface area (Å²) in [6.07, 6.45) is 7.55. The molecule has 1 aromatic heterocycles. The van der Waals surface area contributed by atoms with Crippen molar-refractivity contribution in [2.45, 2.75) is 69.9 Å². The fourth-order valence-corrected chi connectivity index (χ4v) is 9.77.